The second-order valence-corrected chi connectivity index (χ2v) is 3.82. The molecule has 2 nitrogen and oxygen atoms in total. The van der Waals surface area contributed by atoms with Crippen molar-refractivity contribution in [2.45, 2.75) is 32.1 Å². The fourth-order valence-electron chi connectivity index (χ4n) is 1.60. The van der Waals surface area contributed by atoms with Crippen molar-refractivity contribution in [2.75, 3.05) is 13.2 Å². The highest BCUT2D eigenvalue weighted by Gasteiger charge is 1.95. The van der Waals surface area contributed by atoms with E-state index in [2.05, 4.69) is 24.3 Å². The molecular weight excluding hydrogens is 188 g/mol. The minimum Gasteiger partial charge on any atom is -0.396 e. The lowest BCUT2D eigenvalue weighted by Crippen LogP contribution is -1.91. The number of benzene rings is 1. The first kappa shape index (κ1) is 12.2. The van der Waals surface area contributed by atoms with Gasteiger partial charge < -0.3 is 10.2 Å². The Kier molecular flexibility index (Phi) is 6.05. The molecule has 2 N–H and O–H groups in total. The average molecular weight is 208 g/mol. The maximum atomic E-state index is 8.70. The number of rotatable bonds is 7. The molecule has 2 heteroatoms. The molecule has 1 aromatic rings. The van der Waals surface area contributed by atoms with Crippen molar-refractivity contribution in [2.24, 2.45) is 0 Å². The van der Waals surface area contributed by atoms with Gasteiger partial charge in [0.25, 0.3) is 0 Å². The zero-order chi connectivity index (χ0) is 10.9. The minimum atomic E-state index is 0.262. The fourth-order valence-corrected chi connectivity index (χ4v) is 1.60. The van der Waals surface area contributed by atoms with Gasteiger partial charge in [-0.05, 0) is 43.2 Å². The third-order valence-electron chi connectivity index (χ3n) is 2.52. The van der Waals surface area contributed by atoms with Gasteiger partial charge in [-0.3, -0.25) is 0 Å². The molecule has 0 heterocycles. The Hall–Kier alpha value is -0.860. The molecule has 84 valence electrons. The Bertz CT molecular complexity index is 254. The lowest BCUT2D eigenvalue weighted by Gasteiger charge is -2.03. The predicted octanol–water partition coefficient (Wildman–Crippen LogP) is 1.93. The van der Waals surface area contributed by atoms with E-state index in [4.69, 9.17) is 10.2 Å². The Morgan fingerprint density at radius 2 is 1.13 bits per heavy atom. The molecule has 1 rings (SSSR count). The molecule has 0 aliphatic rings. The number of aliphatic hydroxyl groups is 2. The van der Waals surface area contributed by atoms with Crippen molar-refractivity contribution in [3.8, 4) is 0 Å². The molecule has 0 saturated carbocycles. The van der Waals surface area contributed by atoms with Gasteiger partial charge in [0.1, 0.15) is 0 Å². The van der Waals surface area contributed by atoms with E-state index < -0.39 is 0 Å². The summed E-state index contributed by atoms with van der Waals surface area (Å²) in [4.78, 5) is 0. The van der Waals surface area contributed by atoms with Gasteiger partial charge in [-0.1, -0.05) is 24.3 Å². The third-order valence-corrected chi connectivity index (χ3v) is 2.52. The molecule has 0 radical (unpaired) electrons. The number of aryl methyl sites for hydroxylation is 2. The molecule has 0 aliphatic heterocycles. The maximum Gasteiger partial charge on any atom is 0.0434 e. The van der Waals surface area contributed by atoms with E-state index in [0.29, 0.717) is 0 Å². The summed E-state index contributed by atoms with van der Waals surface area (Å²) in [6.45, 7) is 0.548. The summed E-state index contributed by atoms with van der Waals surface area (Å²) >= 11 is 0. The van der Waals surface area contributed by atoms with Gasteiger partial charge in [0.2, 0.25) is 0 Å². The Labute approximate surface area is 91.6 Å². The van der Waals surface area contributed by atoms with Gasteiger partial charge >= 0.3 is 0 Å². The van der Waals surface area contributed by atoms with E-state index in [0.717, 1.165) is 32.1 Å². The Balaban J connectivity index is 2.35. The topological polar surface area (TPSA) is 40.5 Å². The summed E-state index contributed by atoms with van der Waals surface area (Å²) in [5.41, 5.74) is 2.62. The minimum absolute atomic E-state index is 0.262. The monoisotopic (exact) mass is 208 g/mol. The summed E-state index contributed by atoms with van der Waals surface area (Å²) in [6, 6.07) is 8.54. The van der Waals surface area contributed by atoms with E-state index in [1.807, 2.05) is 0 Å². The van der Waals surface area contributed by atoms with Crippen molar-refractivity contribution < 1.29 is 10.2 Å². The van der Waals surface area contributed by atoms with Crippen LogP contribution in [-0.2, 0) is 12.8 Å². The summed E-state index contributed by atoms with van der Waals surface area (Å²) in [7, 11) is 0. The molecule has 15 heavy (non-hydrogen) atoms. The van der Waals surface area contributed by atoms with Crippen molar-refractivity contribution in [3.63, 3.8) is 0 Å². The van der Waals surface area contributed by atoms with Crippen LogP contribution in [0.4, 0.5) is 0 Å². The molecule has 0 bridgehead atoms. The molecule has 0 aliphatic carbocycles. The standard InChI is InChI=1S/C13H20O2/c14-10-2-1-4-12-6-8-13(9-7-12)5-3-11-15/h6-9,14-15H,1-5,10-11H2. The normalized spacial score (nSPS) is 10.5. The third kappa shape index (κ3) is 4.96. The highest BCUT2D eigenvalue weighted by Crippen LogP contribution is 2.09. The number of hydrogen-bond acceptors (Lipinski definition) is 2. The van der Waals surface area contributed by atoms with Gasteiger partial charge in [0, 0.05) is 13.2 Å². The van der Waals surface area contributed by atoms with Gasteiger partial charge in [-0.15, -0.1) is 0 Å². The first-order valence-electron chi connectivity index (χ1n) is 5.66. The zero-order valence-corrected chi connectivity index (χ0v) is 9.15. The molecule has 1 aromatic carbocycles. The maximum absolute atomic E-state index is 8.70. The van der Waals surface area contributed by atoms with Crippen LogP contribution in [0, 0.1) is 0 Å². The summed E-state index contributed by atoms with van der Waals surface area (Å²) in [5.74, 6) is 0. The average Bonchev–Trinajstić information content (AvgIpc) is 2.28. The second-order valence-electron chi connectivity index (χ2n) is 3.82. The number of aliphatic hydroxyl groups excluding tert-OH is 2. The summed E-state index contributed by atoms with van der Waals surface area (Å²) in [6.07, 6.45) is 4.76. The molecule has 0 aromatic heterocycles. The van der Waals surface area contributed by atoms with E-state index in [9.17, 15) is 0 Å². The quantitative estimate of drug-likeness (QED) is 0.672. The van der Waals surface area contributed by atoms with E-state index in [-0.39, 0.29) is 13.2 Å². The highest BCUT2D eigenvalue weighted by atomic mass is 16.3. The summed E-state index contributed by atoms with van der Waals surface area (Å²) < 4.78 is 0. The van der Waals surface area contributed by atoms with Crippen LogP contribution >= 0.6 is 0 Å². The van der Waals surface area contributed by atoms with Crippen LogP contribution < -0.4 is 0 Å². The van der Waals surface area contributed by atoms with Crippen LogP contribution in [0.3, 0.4) is 0 Å². The van der Waals surface area contributed by atoms with Crippen LogP contribution in [0.15, 0.2) is 24.3 Å². The molecule has 0 unspecified atom stereocenters. The molecule has 0 amide bonds. The molecule has 0 spiro atoms. The first-order valence-corrected chi connectivity index (χ1v) is 5.66. The lowest BCUT2D eigenvalue weighted by molar-refractivity contribution is 0.284. The summed E-state index contributed by atoms with van der Waals surface area (Å²) in [5, 5.41) is 17.4. The van der Waals surface area contributed by atoms with Crippen LogP contribution in [0.1, 0.15) is 30.4 Å². The van der Waals surface area contributed by atoms with Crippen molar-refractivity contribution in [1.82, 2.24) is 0 Å². The van der Waals surface area contributed by atoms with Crippen molar-refractivity contribution in [1.29, 1.82) is 0 Å². The van der Waals surface area contributed by atoms with Gasteiger partial charge in [0.15, 0.2) is 0 Å². The van der Waals surface area contributed by atoms with Crippen LogP contribution in [0.5, 0.6) is 0 Å². The Morgan fingerprint density at radius 3 is 1.60 bits per heavy atom. The van der Waals surface area contributed by atoms with Crippen LogP contribution in [0.2, 0.25) is 0 Å². The van der Waals surface area contributed by atoms with E-state index in [1.54, 1.807) is 0 Å². The largest absolute Gasteiger partial charge is 0.396 e. The van der Waals surface area contributed by atoms with E-state index >= 15 is 0 Å². The number of hydrogen-bond donors (Lipinski definition) is 2. The van der Waals surface area contributed by atoms with Gasteiger partial charge in [-0.25, -0.2) is 0 Å². The molecule has 0 fully saturated rings. The Morgan fingerprint density at radius 1 is 0.667 bits per heavy atom. The zero-order valence-electron chi connectivity index (χ0n) is 9.15. The van der Waals surface area contributed by atoms with Crippen molar-refractivity contribution in [3.05, 3.63) is 35.4 Å². The lowest BCUT2D eigenvalue weighted by atomic mass is 10.0. The molecule has 0 atom stereocenters. The smallest absolute Gasteiger partial charge is 0.0434 e. The number of unbranched alkanes of at least 4 members (excludes halogenated alkanes) is 1. The van der Waals surface area contributed by atoms with Crippen LogP contribution in [-0.4, -0.2) is 23.4 Å². The molecular formula is C13H20O2. The highest BCUT2D eigenvalue weighted by molar-refractivity contribution is 5.22. The predicted molar refractivity (Wildman–Crippen MR) is 61.9 cm³/mol. The first-order chi connectivity index (χ1) is 7.36. The van der Waals surface area contributed by atoms with Crippen molar-refractivity contribution >= 4 is 0 Å². The van der Waals surface area contributed by atoms with Gasteiger partial charge in [0.05, 0.1) is 0 Å². The van der Waals surface area contributed by atoms with Crippen LogP contribution in [0.25, 0.3) is 0 Å². The second kappa shape index (κ2) is 7.43. The van der Waals surface area contributed by atoms with E-state index in [1.165, 1.54) is 11.1 Å². The fraction of sp³-hybridized carbons (Fsp3) is 0.538. The SMILES string of the molecule is OCCCCc1ccc(CCCO)cc1. The van der Waals surface area contributed by atoms with Gasteiger partial charge in [-0.2, -0.15) is 0 Å². The molecule has 0 saturated heterocycles.